The van der Waals surface area contributed by atoms with Crippen LogP contribution in [0.3, 0.4) is 0 Å². The summed E-state index contributed by atoms with van der Waals surface area (Å²) in [5, 5.41) is 6.41. The zero-order valence-electron chi connectivity index (χ0n) is 11.2. The monoisotopic (exact) mass is 266 g/mol. The van der Waals surface area contributed by atoms with Gasteiger partial charge < -0.3 is 14.7 Å². The second-order valence-electron chi connectivity index (χ2n) is 4.65. The predicted molar refractivity (Wildman–Crippen MR) is 66.2 cm³/mol. The maximum absolute atomic E-state index is 12.1. The number of nitrogens with one attached hydrogen (secondary N) is 1. The third-order valence-corrected chi connectivity index (χ3v) is 3.02. The first-order valence-electron chi connectivity index (χ1n) is 6.47. The number of rotatable bonds is 5. The van der Waals surface area contributed by atoms with Crippen molar-refractivity contribution in [2.75, 3.05) is 13.1 Å². The first kappa shape index (κ1) is 13.5. The Kier molecular flexibility index (Phi) is 4.13. The van der Waals surface area contributed by atoms with Crippen molar-refractivity contribution >= 4 is 11.8 Å². The van der Waals surface area contributed by atoms with E-state index in [4.69, 9.17) is 4.52 Å². The molecule has 1 saturated heterocycles. The van der Waals surface area contributed by atoms with Crippen molar-refractivity contribution in [3.8, 4) is 0 Å². The summed E-state index contributed by atoms with van der Waals surface area (Å²) in [7, 11) is 0. The average Bonchev–Trinajstić information content (AvgIpc) is 2.78. The van der Waals surface area contributed by atoms with Crippen molar-refractivity contribution < 1.29 is 14.1 Å². The Balaban J connectivity index is 1.94. The molecule has 1 unspecified atom stereocenters. The van der Waals surface area contributed by atoms with Crippen molar-refractivity contribution in [2.24, 2.45) is 0 Å². The molecule has 1 aromatic heterocycles. The van der Waals surface area contributed by atoms with Gasteiger partial charge in [0.15, 0.2) is 5.82 Å². The summed E-state index contributed by atoms with van der Waals surface area (Å²) < 4.78 is 4.99. The van der Waals surface area contributed by atoms with Crippen LogP contribution in [-0.4, -0.2) is 46.0 Å². The molecule has 0 saturated carbocycles. The molecule has 0 spiro atoms. The topological polar surface area (TPSA) is 88.3 Å². The van der Waals surface area contributed by atoms with Gasteiger partial charge in [-0.2, -0.15) is 4.98 Å². The molecule has 1 aliphatic rings. The van der Waals surface area contributed by atoms with Crippen LogP contribution in [0.4, 0.5) is 0 Å². The van der Waals surface area contributed by atoms with Gasteiger partial charge in [-0.25, -0.2) is 0 Å². The molecule has 1 aromatic rings. The zero-order chi connectivity index (χ0) is 13.8. The first-order valence-corrected chi connectivity index (χ1v) is 6.47. The van der Waals surface area contributed by atoms with Crippen LogP contribution in [0.2, 0.25) is 0 Å². The number of aryl methyl sites for hydroxylation is 1. The minimum absolute atomic E-state index is 0.0299. The van der Waals surface area contributed by atoms with Gasteiger partial charge in [-0.15, -0.1) is 0 Å². The van der Waals surface area contributed by atoms with E-state index < -0.39 is 6.04 Å². The Morgan fingerprint density at radius 3 is 2.89 bits per heavy atom. The van der Waals surface area contributed by atoms with Crippen molar-refractivity contribution in [3.63, 3.8) is 0 Å². The Bertz CT molecular complexity index is 471. The maximum atomic E-state index is 12.1. The van der Waals surface area contributed by atoms with Crippen LogP contribution < -0.4 is 5.32 Å². The molecule has 2 heterocycles. The Morgan fingerprint density at radius 1 is 1.47 bits per heavy atom. The third kappa shape index (κ3) is 3.30. The highest BCUT2D eigenvalue weighted by molar-refractivity contribution is 5.94. The number of piperazine rings is 1. The Labute approximate surface area is 111 Å². The third-order valence-electron chi connectivity index (χ3n) is 3.02. The zero-order valence-corrected chi connectivity index (χ0v) is 11.2. The lowest BCUT2D eigenvalue weighted by atomic mass is 10.1. The molecule has 2 amide bonds. The van der Waals surface area contributed by atoms with Gasteiger partial charge in [0.25, 0.3) is 0 Å². The van der Waals surface area contributed by atoms with Crippen LogP contribution in [0.5, 0.6) is 0 Å². The quantitative estimate of drug-likeness (QED) is 0.813. The fourth-order valence-corrected chi connectivity index (χ4v) is 2.12. The van der Waals surface area contributed by atoms with Crippen LogP contribution in [-0.2, 0) is 16.0 Å². The largest absolute Gasteiger partial charge is 0.343 e. The number of carbonyl (C=O) groups is 2. The highest BCUT2D eigenvalue weighted by atomic mass is 16.5. The number of aromatic nitrogens is 2. The Hall–Kier alpha value is -1.92. The van der Waals surface area contributed by atoms with E-state index in [1.165, 1.54) is 0 Å². The predicted octanol–water partition coefficient (Wildman–Crippen LogP) is 0.0476. The molecule has 1 fully saturated rings. The van der Waals surface area contributed by atoms with Gasteiger partial charge in [0.1, 0.15) is 6.04 Å². The van der Waals surface area contributed by atoms with E-state index in [1.807, 2.05) is 6.92 Å². The molecule has 0 bridgehead atoms. The van der Waals surface area contributed by atoms with Gasteiger partial charge in [-0.05, 0) is 13.3 Å². The van der Waals surface area contributed by atoms with Crippen LogP contribution in [0.25, 0.3) is 0 Å². The van der Waals surface area contributed by atoms with E-state index in [9.17, 15) is 9.59 Å². The summed E-state index contributed by atoms with van der Waals surface area (Å²) in [6.07, 6.45) is 1.99. The molecule has 1 N–H and O–H groups in total. The van der Waals surface area contributed by atoms with E-state index in [2.05, 4.69) is 15.5 Å². The normalized spacial score (nSPS) is 19.7. The molecule has 104 valence electrons. The number of hydrogen-bond donors (Lipinski definition) is 1. The second-order valence-corrected chi connectivity index (χ2v) is 4.65. The minimum Gasteiger partial charge on any atom is -0.343 e. The standard InChI is InChI=1S/C12H18N4O3/c1-3-4-9-12(18)16(7-10(17)14-9)6-5-11-13-8(2)15-19-11/h9H,3-7H2,1-2H3,(H,14,17). The SMILES string of the molecule is CCCC1NC(=O)CN(CCc2nc(C)no2)C1=O. The van der Waals surface area contributed by atoms with Crippen LogP contribution >= 0.6 is 0 Å². The van der Waals surface area contributed by atoms with E-state index in [0.717, 1.165) is 6.42 Å². The lowest BCUT2D eigenvalue weighted by molar-refractivity contribution is -0.144. The molecule has 0 radical (unpaired) electrons. The smallest absolute Gasteiger partial charge is 0.245 e. The summed E-state index contributed by atoms with van der Waals surface area (Å²) in [5.74, 6) is 0.919. The second kappa shape index (κ2) is 5.81. The molecular weight excluding hydrogens is 248 g/mol. The number of amides is 2. The fourth-order valence-electron chi connectivity index (χ4n) is 2.12. The Morgan fingerprint density at radius 2 is 2.26 bits per heavy atom. The number of hydrogen-bond acceptors (Lipinski definition) is 5. The molecular formula is C12H18N4O3. The van der Waals surface area contributed by atoms with Gasteiger partial charge in [0.05, 0.1) is 6.54 Å². The van der Waals surface area contributed by atoms with Gasteiger partial charge in [-0.1, -0.05) is 18.5 Å². The highest BCUT2D eigenvalue weighted by Crippen LogP contribution is 2.09. The van der Waals surface area contributed by atoms with E-state index >= 15 is 0 Å². The van der Waals surface area contributed by atoms with E-state index in [-0.39, 0.29) is 18.4 Å². The number of nitrogens with zero attached hydrogens (tertiary/aromatic N) is 3. The molecule has 1 atom stereocenters. The van der Waals surface area contributed by atoms with E-state index in [1.54, 1.807) is 11.8 Å². The summed E-state index contributed by atoms with van der Waals surface area (Å²) in [5.41, 5.74) is 0. The molecule has 7 nitrogen and oxygen atoms in total. The fraction of sp³-hybridized carbons (Fsp3) is 0.667. The lowest BCUT2D eigenvalue weighted by Gasteiger charge is -2.32. The molecule has 0 aromatic carbocycles. The minimum atomic E-state index is -0.393. The van der Waals surface area contributed by atoms with Gasteiger partial charge in [0, 0.05) is 13.0 Å². The van der Waals surface area contributed by atoms with Crippen LogP contribution in [0.15, 0.2) is 4.52 Å². The van der Waals surface area contributed by atoms with Gasteiger partial charge in [0.2, 0.25) is 17.7 Å². The summed E-state index contributed by atoms with van der Waals surface area (Å²) in [4.78, 5) is 29.3. The molecule has 0 aliphatic carbocycles. The highest BCUT2D eigenvalue weighted by Gasteiger charge is 2.31. The van der Waals surface area contributed by atoms with Crippen LogP contribution in [0.1, 0.15) is 31.5 Å². The first-order chi connectivity index (χ1) is 9.10. The van der Waals surface area contributed by atoms with Crippen molar-refractivity contribution in [1.82, 2.24) is 20.4 Å². The van der Waals surface area contributed by atoms with Crippen molar-refractivity contribution in [3.05, 3.63) is 11.7 Å². The van der Waals surface area contributed by atoms with Crippen molar-refractivity contribution in [1.29, 1.82) is 0 Å². The molecule has 2 rings (SSSR count). The number of carbonyl (C=O) groups excluding carboxylic acids is 2. The molecule has 19 heavy (non-hydrogen) atoms. The lowest BCUT2D eigenvalue weighted by Crippen LogP contribution is -2.58. The van der Waals surface area contributed by atoms with Crippen LogP contribution in [0, 0.1) is 6.92 Å². The molecule has 7 heteroatoms. The molecule has 1 aliphatic heterocycles. The van der Waals surface area contributed by atoms with Crippen molar-refractivity contribution in [2.45, 2.75) is 39.2 Å². The summed E-state index contributed by atoms with van der Waals surface area (Å²) in [6.45, 7) is 4.25. The van der Waals surface area contributed by atoms with Gasteiger partial charge in [-0.3, -0.25) is 9.59 Å². The van der Waals surface area contributed by atoms with Gasteiger partial charge >= 0.3 is 0 Å². The maximum Gasteiger partial charge on any atom is 0.245 e. The van der Waals surface area contributed by atoms with E-state index in [0.29, 0.717) is 31.1 Å². The average molecular weight is 266 g/mol. The summed E-state index contributed by atoms with van der Waals surface area (Å²) >= 11 is 0. The summed E-state index contributed by atoms with van der Waals surface area (Å²) in [6, 6.07) is -0.393.